The van der Waals surface area contributed by atoms with Gasteiger partial charge in [0.2, 0.25) is 5.91 Å². The summed E-state index contributed by atoms with van der Waals surface area (Å²) in [5.74, 6) is -1.72. The van der Waals surface area contributed by atoms with E-state index in [1.54, 1.807) is 0 Å². The average molecular weight is 412 g/mol. The smallest absolute Gasteiger partial charge is 0.407 e. The minimum absolute atomic E-state index is 0.0212. The summed E-state index contributed by atoms with van der Waals surface area (Å²) in [5.41, 5.74) is 4.53. The Morgan fingerprint density at radius 2 is 1.53 bits per heavy atom. The molecular weight excluding hydrogens is 388 g/mol. The van der Waals surface area contributed by atoms with E-state index in [4.69, 9.17) is 14.9 Å². The van der Waals surface area contributed by atoms with Gasteiger partial charge in [0.25, 0.3) is 0 Å². The van der Waals surface area contributed by atoms with Crippen molar-refractivity contribution in [2.75, 3.05) is 19.7 Å². The van der Waals surface area contributed by atoms with Crippen molar-refractivity contribution in [2.24, 2.45) is 0 Å². The summed E-state index contributed by atoms with van der Waals surface area (Å²) in [6, 6.07) is 16.1. The van der Waals surface area contributed by atoms with E-state index in [1.807, 2.05) is 36.4 Å². The molecule has 0 spiro atoms. The van der Waals surface area contributed by atoms with Crippen LogP contribution in [0.2, 0.25) is 0 Å². The summed E-state index contributed by atoms with van der Waals surface area (Å²) in [6.07, 6.45) is -2.18. The zero-order valence-electron chi connectivity index (χ0n) is 16.3. The molecule has 8 nitrogen and oxygen atoms in total. The van der Waals surface area contributed by atoms with Crippen molar-refractivity contribution < 1.29 is 29.3 Å². The number of hydrogen-bond donors (Lipinski definition) is 4. The van der Waals surface area contributed by atoms with Crippen LogP contribution in [0.25, 0.3) is 11.1 Å². The largest absolute Gasteiger partial charge is 0.479 e. The maximum atomic E-state index is 12.0. The zero-order chi connectivity index (χ0) is 21.5. The van der Waals surface area contributed by atoms with Crippen LogP contribution in [0, 0.1) is 0 Å². The molecule has 0 aromatic heterocycles. The van der Waals surface area contributed by atoms with E-state index < -0.39 is 18.2 Å². The minimum Gasteiger partial charge on any atom is -0.479 e. The fourth-order valence-corrected chi connectivity index (χ4v) is 3.49. The number of ether oxygens (including phenoxy) is 1. The van der Waals surface area contributed by atoms with E-state index in [0.717, 1.165) is 22.3 Å². The van der Waals surface area contributed by atoms with Gasteiger partial charge in [0.15, 0.2) is 6.10 Å². The highest BCUT2D eigenvalue weighted by molar-refractivity contribution is 5.79. The molecule has 0 fully saturated rings. The topological polar surface area (TPSA) is 125 Å². The standard InChI is InChI=1S/C22H24N2O6/c25-19(21(27)28)9-11-23-20(26)10-12-24-22(29)30-13-18-16-7-3-1-5-14(16)15-6-2-4-8-17(15)18/h1-8,18-19,25H,9-13H2,(H,23,26)(H,24,29)(H,27,28)/t19-/m0/s1. The molecule has 0 aliphatic heterocycles. The Morgan fingerprint density at radius 1 is 0.933 bits per heavy atom. The number of aliphatic hydroxyl groups excluding tert-OH is 1. The number of alkyl carbamates (subject to hydrolysis) is 1. The van der Waals surface area contributed by atoms with Gasteiger partial charge in [0, 0.05) is 31.8 Å². The fraction of sp³-hybridized carbons (Fsp3) is 0.318. The summed E-state index contributed by atoms with van der Waals surface area (Å²) < 4.78 is 5.38. The predicted molar refractivity (Wildman–Crippen MR) is 109 cm³/mol. The van der Waals surface area contributed by atoms with E-state index in [0.29, 0.717) is 0 Å². The van der Waals surface area contributed by atoms with Gasteiger partial charge in [0.1, 0.15) is 6.61 Å². The summed E-state index contributed by atoms with van der Waals surface area (Å²) in [5, 5.41) is 22.7. The second-order valence-electron chi connectivity index (χ2n) is 6.99. The lowest BCUT2D eigenvalue weighted by molar-refractivity contribution is -0.147. The summed E-state index contributed by atoms with van der Waals surface area (Å²) in [4.78, 5) is 34.2. The number of fused-ring (bicyclic) bond motifs is 3. The molecule has 2 aromatic carbocycles. The van der Waals surface area contributed by atoms with Crippen LogP contribution in [0.3, 0.4) is 0 Å². The van der Waals surface area contributed by atoms with Gasteiger partial charge in [-0.1, -0.05) is 48.5 Å². The number of benzene rings is 2. The fourth-order valence-electron chi connectivity index (χ4n) is 3.49. The van der Waals surface area contributed by atoms with Gasteiger partial charge in [-0.3, -0.25) is 4.79 Å². The number of carbonyl (C=O) groups excluding carboxylic acids is 2. The van der Waals surface area contributed by atoms with Gasteiger partial charge in [-0.25, -0.2) is 9.59 Å². The molecule has 4 N–H and O–H groups in total. The maximum Gasteiger partial charge on any atom is 0.407 e. The van der Waals surface area contributed by atoms with Crippen LogP contribution in [-0.2, 0) is 14.3 Å². The second kappa shape index (κ2) is 9.89. The first-order valence-corrected chi connectivity index (χ1v) is 9.73. The lowest BCUT2D eigenvalue weighted by Gasteiger charge is -2.14. The van der Waals surface area contributed by atoms with Gasteiger partial charge in [-0.05, 0) is 22.3 Å². The summed E-state index contributed by atoms with van der Waals surface area (Å²) >= 11 is 0. The molecule has 0 heterocycles. The SMILES string of the molecule is O=C(CCNC(=O)OCC1c2ccccc2-c2ccccc21)NCC[C@H](O)C(=O)O. The molecule has 8 heteroatoms. The first-order chi connectivity index (χ1) is 14.5. The molecule has 2 aromatic rings. The van der Waals surface area contributed by atoms with Crippen molar-refractivity contribution in [3.63, 3.8) is 0 Å². The van der Waals surface area contributed by atoms with Crippen molar-refractivity contribution in [3.8, 4) is 11.1 Å². The van der Waals surface area contributed by atoms with Crippen LogP contribution in [-0.4, -0.2) is 54.0 Å². The van der Waals surface area contributed by atoms with E-state index >= 15 is 0 Å². The van der Waals surface area contributed by atoms with Crippen molar-refractivity contribution in [1.82, 2.24) is 10.6 Å². The Balaban J connectivity index is 1.41. The van der Waals surface area contributed by atoms with Crippen molar-refractivity contribution in [1.29, 1.82) is 0 Å². The van der Waals surface area contributed by atoms with Crippen LogP contribution in [0.5, 0.6) is 0 Å². The lowest BCUT2D eigenvalue weighted by Crippen LogP contribution is -2.33. The first-order valence-electron chi connectivity index (χ1n) is 9.73. The summed E-state index contributed by atoms with van der Waals surface area (Å²) in [6.45, 7) is 0.320. The van der Waals surface area contributed by atoms with Crippen molar-refractivity contribution in [2.45, 2.75) is 24.9 Å². The normalized spacial score (nSPS) is 13.1. The number of amides is 2. The Labute approximate surface area is 173 Å². The number of carbonyl (C=O) groups is 3. The van der Waals surface area contributed by atoms with E-state index in [1.165, 1.54) is 0 Å². The summed E-state index contributed by atoms with van der Waals surface area (Å²) in [7, 11) is 0. The maximum absolute atomic E-state index is 12.0. The predicted octanol–water partition coefficient (Wildman–Crippen LogP) is 1.87. The van der Waals surface area contributed by atoms with Gasteiger partial charge < -0.3 is 25.6 Å². The molecule has 158 valence electrons. The number of nitrogens with one attached hydrogen (secondary N) is 2. The Morgan fingerprint density at radius 3 is 2.13 bits per heavy atom. The molecule has 2 amide bonds. The zero-order valence-corrected chi connectivity index (χ0v) is 16.3. The second-order valence-corrected chi connectivity index (χ2v) is 6.99. The van der Waals surface area contributed by atoms with Gasteiger partial charge >= 0.3 is 12.1 Å². The molecule has 30 heavy (non-hydrogen) atoms. The molecular formula is C22H24N2O6. The highest BCUT2D eigenvalue weighted by Crippen LogP contribution is 2.44. The van der Waals surface area contributed by atoms with Gasteiger partial charge in [-0.15, -0.1) is 0 Å². The molecule has 0 saturated heterocycles. The Hall–Kier alpha value is -3.39. The molecule has 1 atom stereocenters. The number of carboxylic acids is 1. The van der Waals surface area contributed by atoms with Crippen molar-refractivity contribution in [3.05, 3.63) is 59.7 Å². The third-order valence-electron chi connectivity index (χ3n) is 4.99. The number of aliphatic carboxylic acids is 1. The highest BCUT2D eigenvalue weighted by Gasteiger charge is 2.28. The van der Waals surface area contributed by atoms with Crippen LogP contribution in [0.1, 0.15) is 29.9 Å². The van der Waals surface area contributed by atoms with Crippen LogP contribution in [0.15, 0.2) is 48.5 Å². The average Bonchev–Trinajstić information content (AvgIpc) is 3.06. The Kier molecular flexibility index (Phi) is 7.03. The highest BCUT2D eigenvalue weighted by atomic mass is 16.5. The molecule has 0 radical (unpaired) electrons. The van der Waals surface area contributed by atoms with Crippen molar-refractivity contribution >= 4 is 18.0 Å². The minimum atomic E-state index is -1.51. The first kappa shape index (κ1) is 21.3. The van der Waals surface area contributed by atoms with Gasteiger partial charge in [0.05, 0.1) is 0 Å². The number of hydrogen-bond acceptors (Lipinski definition) is 5. The Bertz CT molecular complexity index is 884. The lowest BCUT2D eigenvalue weighted by atomic mass is 9.98. The van der Waals surface area contributed by atoms with E-state index in [2.05, 4.69) is 22.8 Å². The molecule has 1 aliphatic carbocycles. The molecule has 1 aliphatic rings. The van der Waals surface area contributed by atoms with E-state index in [9.17, 15) is 14.4 Å². The number of aliphatic hydroxyl groups is 1. The number of carboxylic acid groups (broad SMARTS) is 1. The molecule has 0 bridgehead atoms. The van der Waals surface area contributed by atoms with E-state index in [-0.39, 0.29) is 44.4 Å². The quantitative estimate of drug-likeness (QED) is 0.498. The van der Waals surface area contributed by atoms with Crippen LogP contribution in [0.4, 0.5) is 4.79 Å². The van der Waals surface area contributed by atoms with Crippen LogP contribution < -0.4 is 10.6 Å². The van der Waals surface area contributed by atoms with Gasteiger partial charge in [-0.2, -0.15) is 0 Å². The molecule has 3 rings (SSSR count). The monoisotopic (exact) mass is 412 g/mol. The third kappa shape index (κ3) is 5.15. The molecule has 0 saturated carbocycles. The number of rotatable bonds is 9. The third-order valence-corrected chi connectivity index (χ3v) is 4.99. The van der Waals surface area contributed by atoms with Crippen LogP contribution >= 0.6 is 0 Å². The molecule has 0 unspecified atom stereocenters.